The first-order chi connectivity index (χ1) is 15.1. The summed E-state index contributed by atoms with van der Waals surface area (Å²) < 4.78 is 7.60. The molecule has 0 bridgehead atoms. The van der Waals surface area contributed by atoms with Gasteiger partial charge in [-0.05, 0) is 43.3 Å². The predicted octanol–water partition coefficient (Wildman–Crippen LogP) is 3.95. The number of anilines is 1. The van der Waals surface area contributed by atoms with Crippen LogP contribution in [0.1, 0.15) is 20.3 Å². The monoisotopic (exact) mass is 437 g/mol. The Morgan fingerprint density at radius 2 is 2.13 bits per heavy atom. The van der Waals surface area contributed by atoms with Crippen molar-refractivity contribution in [3.63, 3.8) is 0 Å². The fraction of sp³-hybridized carbons (Fsp3) is 0.318. The second-order valence-corrected chi connectivity index (χ2v) is 8.50. The summed E-state index contributed by atoms with van der Waals surface area (Å²) in [5, 5.41) is 4.29. The smallest absolute Gasteiger partial charge is 0.175 e. The van der Waals surface area contributed by atoms with Gasteiger partial charge in [0.05, 0.1) is 7.11 Å². The average Bonchev–Trinajstić information content (AvgIpc) is 3.40. The zero-order chi connectivity index (χ0) is 21.8. The molecule has 0 amide bonds. The van der Waals surface area contributed by atoms with Crippen LogP contribution in [0.5, 0.6) is 5.75 Å². The number of aryl methyl sites for hydroxylation is 1. The van der Waals surface area contributed by atoms with Crippen molar-refractivity contribution >= 4 is 28.7 Å². The highest BCUT2D eigenvalue weighted by Crippen LogP contribution is 2.38. The molecule has 0 radical (unpaired) electrons. The van der Waals surface area contributed by atoms with Crippen LogP contribution in [0.4, 0.5) is 5.82 Å². The summed E-state index contributed by atoms with van der Waals surface area (Å²) in [6, 6.07) is 10.5. The van der Waals surface area contributed by atoms with Crippen molar-refractivity contribution < 1.29 is 4.74 Å². The summed E-state index contributed by atoms with van der Waals surface area (Å²) in [4.78, 5) is 17.7. The van der Waals surface area contributed by atoms with Crippen LogP contribution in [0.25, 0.3) is 22.4 Å². The number of nitrogen functional groups attached to an aromatic ring is 1. The average molecular weight is 438 g/mol. The van der Waals surface area contributed by atoms with Crippen molar-refractivity contribution in [1.29, 1.82) is 0 Å². The molecule has 9 heteroatoms. The Morgan fingerprint density at radius 3 is 2.87 bits per heavy atom. The third kappa shape index (κ3) is 4.67. The molecule has 0 saturated carbocycles. The molecule has 4 rings (SSSR count). The van der Waals surface area contributed by atoms with Crippen LogP contribution in [-0.4, -0.2) is 44.2 Å². The third-order valence-electron chi connectivity index (χ3n) is 4.91. The van der Waals surface area contributed by atoms with E-state index in [1.54, 1.807) is 18.9 Å². The minimum Gasteiger partial charge on any atom is -0.497 e. The quantitative estimate of drug-likeness (QED) is 0.340. The Labute approximate surface area is 185 Å². The molecule has 0 saturated heterocycles. The molecule has 1 aromatic carbocycles. The molecule has 31 heavy (non-hydrogen) atoms. The number of nitrogens with two attached hydrogens (primary N) is 1. The summed E-state index contributed by atoms with van der Waals surface area (Å²) >= 11 is 1.58. The highest BCUT2D eigenvalue weighted by molar-refractivity contribution is 7.99. The van der Waals surface area contributed by atoms with Crippen LogP contribution in [0.2, 0.25) is 0 Å². The van der Waals surface area contributed by atoms with E-state index < -0.39 is 0 Å². The maximum atomic E-state index is 6.11. The molecule has 0 fully saturated rings. The van der Waals surface area contributed by atoms with Crippen LogP contribution in [0.3, 0.4) is 0 Å². The summed E-state index contributed by atoms with van der Waals surface area (Å²) in [5.74, 6) is 1.18. The standard InChI is InChI=1S/C22H27N7OS/c1-14(2)24-10-5-11-29-21-19(20(23)26-13-27-21)28-22(29)31-18-12-15(30-3)7-8-16(18)17-6-4-9-25-17/h4,6-9,12-14,24-25H,5,10-11H2,1-3H3,(H2,23,26,27). The van der Waals surface area contributed by atoms with Gasteiger partial charge in [-0.25, -0.2) is 15.0 Å². The van der Waals surface area contributed by atoms with E-state index in [2.05, 4.69) is 50.8 Å². The van der Waals surface area contributed by atoms with Crippen molar-refractivity contribution in [1.82, 2.24) is 29.8 Å². The molecule has 0 unspecified atom stereocenters. The number of imidazole rings is 1. The van der Waals surface area contributed by atoms with Gasteiger partial charge in [0.2, 0.25) is 0 Å². The van der Waals surface area contributed by atoms with E-state index in [-0.39, 0.29) is 0 Å². The second-order valence-electron chi connectivity index (χ2n) is 7.49. The van der Waals surface area contributed by atoms with Crippen molar-refractivity contribution in [2.75, 3.05) is 19.4 Å². The largest absolute Gasteiger partial charge is 0.497 e. The van der Waals surface area contributed by atoms with E-state index in [4.69, 9.17) is 15.5 Å². The van der Waals surface area contributed by atoms with Gasteiger partial charge in [0.25, 0.3) is 0 Å². The van der Waals surface area contributed by atoms with Gasteiger partial charge in [0.1, 0.15) is 12.1 Å². The number of fused-ring (bicyclic) bond motifs is 1. The molecular formula is C22H27N7OS. The minimum atomic E-state index is 0.390. The van der Waals surface area contributed by atoms with Crippen molar-refractivity contribution in [3.05, 3.63) is 42.9 Å². The van der Waals surface area contributed by atoms with Crippen LogP contribution in [-0.2, 0) is 6.54 Å². The van der Waals surface area contributed by atoms with E-state index in [0.29, 0.717) is 17.4 Å². The number of aromatic amines is 1. The number of methoxy groups -OCH3 is 1. The molecule has 0 aliphatic rings. The molecule has 4 N–H and O–H groups in total. The fourth-order valence-corrected chi connectivity index (χ4v) is 4.46. The minimum absolute atomic E-state index is 0.390. The van der Waals surface area contributed by atoms with Gasteiger partial charge in [-0.2, -0.15) is 0 Å². The maximum Gasteiger partial charge on any atom is 0.175 e. The Hall–Kier alpha value is -3.04. The number of hydrogen-bond donors (Lipinski definition) is 3. The zero-order valence-corrected chi connectivity index (χ0v) is 18.7. The SMILES string of the molecule is COc1ccc(-c2ccc[nH]2)c(Sc2nc3c(N)ncnc3n2CCCNC(C)C)c1. The highest BCUT2D eigenvalue weighted by Gasteiger charge is 2.18. The van der Waals surface area contributed by atoms with Gasteiger partial charge < -0.3 is 25.3 Å². The van der Waals surface area contributed by atoms with Gasteiger partial charge in [-0.1, -0.05) is 25.6 Å². The Morgan fingerprint density at radius 1 is 1.26 bits per heavy atom. The molecule has 0 atom stereocenters. The summed E-state index contributed by atoms with van der Waals surface area (Å²) in [5.41, 5.74) is 9.60. The number of nitrogens with zero attached hydrogens (tertiary/aromatic N) is 4. The molecule has 0 aliphatic heterocycles. The third-order valence-corrected chi connectivity index (χ3v) is 5.97. The highest BCUT2D eigenvalue weighted by atomic mass is 32.2. The van der Waals surface area contributed by atoms with Crippen molar-refractivity contribution in [3.8, 4) is 17.0 Å². The first-order valence-electron chi connectivity index (χ1n) is 10.3. The van der Waals surface area contributed by atoms with E-state index >= 15 is 0 Å². The number of aromatic nitrogens is 5. The molecular weight excluding hydrogens is 410 g/mol. The lowest BCUT2D eigenvalue weighted by atomic mass is 10.1. The summed E-state index contributed by atoms with van der Waals surface area (Å²) in [6.45, 7) is 5.98. The summed E-state index contributed by atoms with van der Waals surface area (Å²) in [7, 11) is 1.67. The van der Waals surface area contributed by atoms with Crippen LogP contribution in [0.15, 0.2) is 52.9 Å². The lowest BCUT2D eigenvalue weighted by Gasteiger charge is -2.13. The number of ether oxygens (including phenoxy) is 1. The molecule has 0 spiro atoms. The number of benzene rings is 1. The first kappa shape index (κ1) is 21.2. The molecule has 8 nitrogen and oxygen atoms in total. The lowest BCUT2D eigenvalue weighted by molar-refractivity contribution is 0.414. The normalized spacial score (nSPS) is 11.5. The lowest BCUT2D eigenvalue weighted by Crippen LogP contribution is -2.24. The van der Waals surface area contributed by atoms with E-state index in [9.17, 15) is 0 Å². The number of nitrogens with one attached hydrogen (secondary N) is 2. The molecule has 4 aromatic rings. The predicted molar refractivity (Wildman–Crippen MR) is 124 cm³/mol. The van der Waals surface area contributed by atoms with Crippen molar-refractivity contribution in [2.24, 2.45) is 0 Å². The van der Waals surface area contributed by atoms with E-state index in [1.807, 2.05) is 24.4 Å². The Kier molecular flexibility index (Phi) is 6.43. The number of H-pyrrole nitrogens is 1. The zero-order valence-electron chi connectivity index (χ0n) is 17.9. The van der Waals surface area contributed by atoms with Gasteiger partial charge in [0.15, 0.2) is 22.1 Å². The fourth-order valence-electron chi connectivity index (χ4n) is 3.37. The molecule has 3 heterocycles. The first-order valence-corrected chi connectivity index (χ1v) is 11.1. The van der Waals surface area contributed by atoms with Gasteiger partial charge in [0, 0.05) is 34.9 Å². The maximum absolute atomic E-state index is 6.11. The Balaban J connectivity index is 1.73. The molecule has 0 aliphatic carbocycles. The molecule has 162 valence electrons. The van der Waals surface area contributed by atoms with Gasteiger partial charge in [-0.15, -0.1) is 0 Å². The van der Waals surface area contributed by atoms with Crippen LogP contribution < -0.4 is 15.8 Å². The molecule has 3 aromatic heterocycles. The summed E-state index contributed by atoms with van der Waals surface area (Å²) in [6.07, 6.45) is 4.36. The Bertz CT molecular complexity index is 1150. The van der Waals surface area contributed by atoms with E-state index in [1.165, 1.54) is 6.33 Å². The second kappa shape index (κ2) is 9.40. The number of rotatable bonds is 9. The van der Waals surface area contributed by atoms with Crippen molar-refractivity contribution in [2.45, 2.75) is 42.9 Å². The topological polar surface area (TPSA) is 107 Å². The van der Waals surface area contributed by atoms with Gasteiger partial charge in [-0.3, -0.25) is 0 Å². The number of hydrogen-bond acceptors (Lipinski definition) is 7. The van der Waals surface area contributed by atoms with Crippen LogP contribution >= 0.6 is 11.8 Å². The van der Waals surface area contributed by atoms with E-state index in [0.717, 1.165) is 52.2 Å². The van der Waals surface area contributed by atoms with Crippen LogP contribution in [0, 0.1) is 0 Å². The van der Waals surface area contributed by atoms with Gasteiger partial charge >= 0.3 is 0 Å².